The van der Waals surface area contributed by atoms with Gasteiger partial charge in [0.2, 0.25) is 0 Å². The molecule has 0 saturated carbocycles. The van der Waals surface area contributed by atoms with Crippen molar-refractivity contribution in [2.24, 2.45) is 0 Å². The van der Waals surface area contributed by atoms with E-state index in [1.54, 1.807) is 8.70 Å². The second kappa shape index (κ2) is 5.16. The predicted molar refractivity (Wildman–Crippen MR) is 57.1 cm³/mol. The van der Waals surface area contributed by atoms with Crippen molar-refractivity contribution in [1.82, 2.24) is 0 Å². The van der Waals surface area contributed by atoms with E-state index in [2.05, 4.69) is 24.3 Å². The van der Waals surface area contributed by atoms with Gasteiger partial charge in [-0.3, -0.25) is 0 Å². The topological polar surface area (TPSA) is 0 Å². The van der Waals surface area contributed by atoms with Gasteiger partial charge in [0.05, 0.1) is 0 Å². The van der Waals surface area contributed by atoms with E-state index in [0.717, 1.165) is 0 Å². The van der Waals surface area contributed by atoms with Gasteiger partial charge in [-0.05, 0) is 0 Å². The van der Waals surface area contributed by atoms with Crippen LogP contribution in [0.2, 0.25) is 0 Å². The van der Waals surface area contributed by atoms with Gasteiger partial charge in [-0.2, -0.15) is 0 Å². The molecular formula is C6H10As4. The van der Waals surface area contributed by atoms with Gasteiger partial charge in [0.1, 0.15) is 0 Å². The van der Waals surface area contributed by atoms with E-state index in [9.17, 15) is 0 Å². The summed E-state index contributed by atoms with van der Waals surface area (Å²) < 4.78 is 3.43. The van der Waals surface area contributed by atoms with Gasteiger partial charge in [-0.25, -0.2) is 0 Å². The Morgan fingerprint density at radius 2 is 1.30 bits per heavy atom. The van der Waals surface area contributed by atoms with Crippen molar-refractivity contribution >= 4 is 65.6 Å². The normalized spacial score (nSPS) is 12.2. The average molecular weight is 382 g/mol. The SMILES string of the molecule is [AsH2][AsH]c1ccccc1[AsH][AsH2]. The molecule has 0 fully saturated rings. The fourth-order valence-electron chi connectivity index (χ4n) is 0.735. The van der Waals surface area contributed by atoms with Crippen LogP contribution in [-0.4, -0.2) is 56.9 Å². The molecule has 54 valence electrons. The van der Waals surface area contributed by atoms with Crippen molar-refractivity contribution in [2.45, 2.75) is 0 Å². The Hall–Kier alpha value is 1.45. The molecule has 0 heterocycles. The summed E-state index contributed by atoms with van der Waals surface area (Å²) in [5.74, 6) is 0. The van der Waals surface area contributed by atoms with E-state index in [-0.39, 0.29) is 27.4 Å². The van der Waals surface area contributed by atoms with E-state index < -0.39 is 0 Å². The van der Waals surface area contributed by atoms with Crippen molar-refractivity contribution in [3.8, 4) is 0 Å². The first-order valence-corrected chi connectivity index (χ1v) is 20.0. The Morgan fingerprint density at radius 1 is 0.900 bits per heavy atom. The zero-order valence-electron chi connectivity index (χ0n) is 5.46. The molecule has 0 radical (unpaired) electrons. The zero-order chi connectivity index (χ0) is 7.40. The molecule has 0 N–H and O–H groups in total. The molecule has 0 saturated heterocycles. The Morgan fingerprint density at radius 3 is 1.60 bits per heavy atom. The first kappa shape index (κ1) is 9.54. The van der Waals surface area contributed by atoms with Crippen LogP contribution in [0.25, 0.3) is 0 Å². The Labute approximate surface area is 88.9 Å². The molecule has 0 spiro atoms. The van der Waals surface area contributed by atoms with Crippen molar-refractivity contribution in [1.29, 1.82) is 0 Å². The minimum absolute atomic E-state index is 0.266. The van der Waals surface area contributed by atoms with E-state index in [0.29, 0.717) is 0 Å². The molecule has 0 amide bonds. The predicted octanol–water partition coefficient (Wildman–Crippen LogP) is -3.09. The van der Waals surface area contributed by atoms with Crippen LogP contribution in [0.4, 0.5) is 0 Å². The molecule has 0 bridgehead atoms. The summed E-state index contributed by atoms with van der Waals surface area (Å²) in [6.45, 7) is 0. The average Bonchev–Trinajstić information content (AvgIpc) is 2.04. The van der Waals surface area contributed by atoms with Crippen LogP contribution in [-0.2, 0) is 0 Å². The van der Waals surface area contributed by atoms with Crippen LogP contribution < -0.4 is 8.70 Å². The van der Waals surface area contributed by atoms with Crippen molar-refractivity contribution in [3.63, 3.8) is 0 Å². The third-order valence-corrected chi connectivity index (χ3v) is 12.3. The summed E-state index contributed by atoms with van der Waals surface area (Å²) in [6.07, 6.45) is 0. The van der Waals surface area contributed by atoms with Crippen molar-refractivity contribution in [2.75, 3.05) is 0 Å². The summed E-state index contributed by atoms with van der Waals surface area (Å²) in [5.41, 5.74) is 0. The molecule has 0 aromatic heterocycles. The monoisotopic (exact) mass is 382 g/mol. The van der Waals surface area contributed by atoms with Gasteiger partial charge in [0, 0.05) is 0 Å². The quantitative estimate of drug-likeness (QED) is 0.476. The molecule has 0 aliphatic heterocycles. The molecule has 0 nitrogen and oxygen atoms in total. The molecule has 1 rings (SSSR count). The maximum absolute atomic E-state index is 2.32. The molecule has 4 heteroatoms. The molecule has 0 aliphatic carbocycles. The summed E-state index contributed by atoms with van der Waals surface area (Å²) in [7, 11) is 0. The molecule has 1 aromatic rings. The summed E-state index contributed by atoms with van der Waals surface area (Å²) >= 11 is 4.41. The maximum atomic E-state index is 2.32. The third-order valence-electron chi connectivity index (χ3n) is 1.24. The first-order chi connectivity index (χ1) is 4.88. The zero-order valence-corrected chi connectivity index (χ0v) is 14.5. The van der Waals surface area contributed by atoms with Crippen molar-refractivity contribution in [3.05, 3.63) is 24.3 Å². The van der Waals surface area contributed by atoms with Crippen LogP contribution >= 0.6 is 0 Å². The van der Waals surface area contributed by atoms with E-state index in [4.69, 9.17) is 0 Å². The Balaban J connectivity index is 2.96. The van der Waals surface area contributed by atoms with Crippen LogP contribution in [0.15, 0.2) is 24.3 Å². The van der Waals surface area contributed by atoms with E-state index in [1.165, 1.54) is 0 Å². The second-order valence-corrected chi connectivity index (χ2v) is 11.6. The van der Waals surface area contributed by atoms with E-state index >= 15 is 0 Å². The standard InChI is InChI=1S/C6H10As4/c7-9-5-3-1-2-4-6(5)10-8/h1-4,9-10H,7-8H2. The molecule has 4 unspecified atom stereocenters. The number of rotatable bonds is 2. The first-order valence-electron chi connectivity index (χ1n) is 2.90. The van der Waals surface area contributed by atoms with Gasteiger partial charge >= 0.3 is 89.9 Å². The molecule has 10 heavy (non-hydrogen) atoms. The van der Waals surface area contributed by atoms with Crippen LogP contribution in [0.1, 0.15) is 0 Å². The molecule has 1 aromatic carbocycles. The summed E-state index contributed by atoms with van der Waals surface area (Å²) in [4.78, 5) is 0. The molecular weight excluding hydrogens is 372 g/mol. The minimum atomic E-state index is 0.266. The van der Waals surface area contributed by atoms with Gasteiger partial charge < -0.3 is 0 Å². The molecule has 4 atom stereocenters. The second-order valence-electron chi connectivity index (χ2n) is 1.83. The van der Waals surface area contributed by atoms with Crippen LogP contribution in [0, 0.1) is 0 Å². The number of hydrogen-bond donors (Lipinski definition) is 0. The van der Waals surface area contributed by atoms with Crippen LogP contribution in [0.3, 0.4) is 0 Å². The van der Waals surface area contributed by atoms with E-state index in [1.807, 2.05) is 29.6 Å². The fraction of sp³-hybridized carbons (Fsp3) is 0. The fourth-order valence-corrected chi connectivity index (χ4v) is 16.2. The van der Waals surface area contributed by atoms with Crippen molar-refractivity contribution < 1.29 is 0 Å². The van der Waals surface area contributed by atoms with Gasteiger partial charge in [0.15, 0.2) is 0 Å². The molecule has 0 aliphatic rings. The van der Waals surface area contributed by atoms with Crippen LogP contribution in [0.5, 0.6) is 0 Å². The summed E-state index contributed by atoms with van der Waals surface area (Å²) in [5, 5.41) is 0. The van der Waals surface area contributed by atoms with Gasteiger partial charge in [-0.1, -0.05) is 0 Å². The Bertz CT molecular complexity index is 188. The van der Waals surface area contributed by atoms with Gasteiger partial charge in [0.25, 0.3) is 0 Å². The third kappa shape index (κ3) is 2.50. The Kier molecular flexibility index (Phi) is 4.92. The number of benzene rings is 1. The summed E-state index contributed by atoms with van der Waals surface area (Å²) in [6, 6.07) is 8.99. The number of hydrogen-bond acceptors (Lipinski definition) is 0. The van der Waals surface area contributed by atoms with Gasteiger partial charge in [-0.15, -0.1) is 0 Å².